The van der Waals surface area contributed by atoms with Crippen LogP contribution < -0.4 is 0 Å². The first-order valence-corrected chi connectivity index (χ1v) is 6.21. The summed E-state index contributed by atoms with van der Waals surface area (Å²) in [5, 5.41) is 10.2. The topological polar surface area (TPSA) is 36.7 Å². The van der Waals surface area contributed by atoms with Crippen molar-refractivity contribution >= 4 is 34.8 Å². The summed E-state index contributed by atoms with van der Waals surface area (Å²) >= 11 is 17.9. The van der Waals surface area contributed by atoms with E-state index in [1.165, 1.54) is 0 Å². The second kappa shape index (κ2) is 5.58. The van der Waals surface area contributed by atoms with E-state index in [1.807, 2.05) is 6.07 Å². The van der Waals surface area contributed by atoms with Crippen molar-refractivity contribution < 1.29 is 0 Å². The number of nitriles is 1. The van der Waals surface area contributed by atoms with Gasteiger partial charge in [0.25, 0.3) is 0 Å². The van der Waals surface area contributed by atoms with E-state index in [-0.39, 0.29) is 6.42 Å². The van der Waals surface area contributed by atoms with Gasteiger partial charge in [-0.2, -0.15) is 5.26 Å². The Kier molecular flexibility index (Phi) is 4.08. The van der Waals surface area contributed by atoms with Crippen LogP contribution in [0.15, 0.2) is 30.5 Å². The Hall–Kier alpha value is -1.27. The molecule has 0 unspecified atom stereocenters. The predicted molar refractivity (Wildman–Crippen MR) is 74.0 cm³/mol. The summed E-state index contributed by atoms with van der Waals surface area (Å²) in [7, 11) is 0. The Bertz CT molecular complexity index is 612. The van der Waals surface area contributed by atoms with Crippen LogP contribution in [0.3, 0.4) is 0 Å². The second-order valence-electron chi connectivity index (χ2n) is 3.65. The van der Waals surface area contributed by atoms with E-state index in [4.69, 9.17) is 40.1 Å². The summed E-state index contributed by atoms with van der Waals surface area (Å²) in [6, 6.07) is 8.99. The van der Waals surface area contributed by atoms with E-state index in [0.717, 1.165) is 11.1 Å². The fraction of sp³-hybridized carbons (Fsp3) is 0.0769. The maximum atomic E-state index is 8.62. The van der Waals surface area contributed by atoms with E-state index in [1.54, 1.807) is 30.5 Å². The smallest absolute Gasteiger partial charge is 0.0789 e. The highest BCUT2D eigenvalue weighted by molar-refractivity contribution is 6.35. The van der Waals surface area contributed by atoms with Crippen molar-refractivity contribution in [1.82, 2.24) is 4.98 Å². The second-order valence-corrected chi connectivity index (χ2v) is 4.93. The molecule has 0 saturated carbocycles. The lowest BCUT2D eigenvalue weighted by Crippen LogP contribution is -1.90. The Labute approximate surface area is 120 Å². The molecule has 1 aromatic heterocycles. The van der Waals surface area contributed by atoms with Gasteiger partial charge < -0.3 is 0 Å². The third-order valence-corrected chi connectivity index (χ3v) is 3.12. The number of hydrogen-bond donors (Lipinski definition) is 0. The van der Waals surface area contributed by atoms with E-state index in [2.05, 4.69) is 4.98 Å². The Morgan fingerprint density at radius 2 is 1.67 bits per heavy atom. The van der Waals surface area contributed by atoms with Crippen LogP contribution in [-0.2, 0) is 6.42 Å². The minimum atomic E-state index is 0.190. The maximum Gasteiger partial charge on any atom is 0.0789 e. The minimum Gasteiger partial charge on any atom is -0.258 e. The summed E-state index contributed by atoms with van der Waals surface area (Å²) in [4.78, 5) is 4.16. The van der Waals surface area contributed by atoms with Crippen LogP contribution in [0.1, 0.15) is 5.69 Å². The van der Waals surface area contributed by atoms with Crippen LogP contribution in [0.5, 0.6) is 0 Å². The molecule has 0 aliphatic heterocycles. The summed E-state index contributed by atoms with van der Waals surface area (Å²) < 4.78 is 0. The highest BCUT2D eigenvalue weighted by Gasteiger charge is 2.06. The number of nitrogens with zero attached hydrogens (tertiary/aromatic N) is 2. The molecule has 2 rings (SSSR count). The number of rotatable bonds is 2. The van der Waals surface area contributed by atoms with Crippen molar-refractivity contribution in [3.8, 4) is 17.2 Å². The molecular weight excluding hydrogens is 291 g/mol. The molecular formula is C13H7Cl3N2. The molecule has 2 aromatic rings. The van der Waals surface area contributed by atoms with Crippen molar-refractivity contribution in [3.05, 3.63) is 51.2 Å². The van der Waals surface area contributed by atoms with Crippen LogP contribution in [0.25, 0.3) is 11.1 Å². The van der Waals surface area contributed by atoms with Gasteiger partial charge in [-0.15, -0.1) is 0 Å². The lowest BCUT2D eigenvalue weighted by molar-refractivity contribution is 1.12. The summed E-state index contributed by atoms with van der Waals surface area (Å²) in [6.45, 7) is 0. The molecule has 0 fully saturated rings. The molecule has 0 radical (unpaired) electrons. The molecule has 5 heteroatoms. The van der Waals surface area contributed by atoms with E-state index < -0.39 is 0 Å². The van der Waals surface area contributed by atoms with Gasteiger partial charge in [-0.1, -0.05) is 34.8 Å². The molecule has 90 valence electrons. The molecule has 0 bridgehead atoms. The molecule has 0 saturated heterocycles. The van der Waals surface area contributed by atoms with Crippen LogP contribution in [0, 0.1) is 11.3 Å². The van der Waals surface area contributed by atoms with Crippen LogP contribution >= 0.6 is 34.8 Å². The fourth-order valence-corrected chi connectivity index (χ4v) is 2.31. The van der Waals surface area contributed by atoms with E-state index in [9.17, 15) is 0 Å². The molecule has 0 aliphatic rings. The molecule has 1 heterocycles. The van der Waals surface area contributed by atoms with Gasteiger partial charge >= 0.3 is 0 Å². The highest BCUT2D eigenvalue weighted by atomic mass is 35.5. The summed E-state index contributed by atoms with van der Waals surface area (Å²) in [5.41, 5.74) is 2.22. The van der Waals surface area contributed by atoms with Gasteiger partial charge in [0.15, 0.2) is 0 Å². The average molecular weight is 298 g/mol. The van der Waals surface area contributed by atoms with Crippen LogP contribution in [-0.4, -0.2) is 4.98 Å². The number of pyridine rings is 1. The average Bonchev–Trinajstić information content (AvgIpc) is 2.30. The molecule has 0 spiro atoms. The van der Waals surface area contributed by atoms with E-state index in [0.29, 0.717) is 20.8 Å². The van der Waals surface area contributed by atoms with Crippen molar-refractivity contribution in [1.29, 1.82) is 5.26 Å². The number of benzene rings is 1. The van der Waals surface area contributed by atoms with Gasteiger partial charge in [0.2, 0.25) is 0 Å². The van der Waals surface area contributed by atoms with Crippen molar-refractivity contribution in [2.45, 2.75) is 6.42 Å². The van der Waals surface area contributed by atoms with Crippen molar-refractivity contribution in [2.24, 2.45) is 0 Å². The van der Waals surface area contributed by atoms with Crippen molar-refractivity contribution in [2.75, 3.05) is 0 Å². The van der Waals surface area contributed by atoms with E-state index >= 15 is 0 Å². The van der Waals surface area contributed by atoms with Crippen LogP contribution in [0.2, 0.25) is 15.1 Å². The lowest BCUT2D eigenvalue weighted by Gasteiger charge is -2.05. The Morgan fingerprint density at radius 3 is 2.22 bits per heavy atom. The van der Waals surface area contributed by atoms with Crippen molar-refractivity contribution in [3.63, 3.8) is 0 Å². The first kappa shape index (κ1) is 13.2. The Morgan fingerprint density at radius 1 is 1.00 bits per heavy atom. The third-order valence-electron chi connectivity index (χ3n) is 2.36. The minimum absolute atomic E-state index is 0.190. The first-order chi connectivity index (χ1) is 8.60. The molecule has 0 N–H and O–H groups in total. The zero-order chi connectivity index (χ0) is 13.1. The lowest BCUT2D eigenvalue weighted by atomic mass is 10.1. The van der Waals surface area contributed by atoms with Gasteiger partial charge in [-0.3, -0.25) is 4.98 Å². The number of hydrogen-bond acceptors (Lipinski definition) is 2. The first-order valence-electron chi connectivity index (χ1n) is 5.08. The maximum absolute atomic E-state index is 8.62. The summed E-state index contributed by atoms with van der Waals surface area (Å²) in [6.07, 6.45) is 1.84. The largest absolute Gasteiger partial charge is 0.258 e. The quantitative estimate of drug-likeness (QED) is 0.800. The SMILES string of the molecule is N#CCc1ncc(-c2cc(Cl)cc(Cl)c2)cc1Cl. The Balaban J connectivity index is 2.46. The normalized spacial score (nSPS) is 10.1. The highest BCUT2D eigenvalue weighted by Crippen LogP contribution is 2.29. The molecule has 0 aliphatic carbocycles. The monoisotopic (exact) mass is 296 g/mol. The molecule has 1 aromatic carbocycles. The standard InChI is InChI=1S/C13H7Cl3N2/c14-10-3-8(4-11(15)6-10)9-5-12(16)13(1-2-17)18-7-9/h3-7H,1H2. The molecule has 0 amide bonds. The zero-order valence-electron chi connectivity index (χ0n) is 9.12. The predicted octanol–water partition coefficient (Wildman–Crippen LogP) is 4.77. The number of halogens is 3. The van der Waals surface area contributed by atoms with Gasteiger partial charge in [0.05, 0.1) is 23.2 Å². The van der Waals surface area contributed by atoms with Gasteiger partial charge in [-0.25, -0.2) is 0 Å². The molecule has 18 heavy (non-hydrogen) atoms. The molecule has 0 atom stereocenters. The van der Waals surface area contributed by atoms with Gasteiger partial charge in [0.1, 0.15) is 0 Å². The fourth-order valence-electron chi connectivity index (χ4n) is 1.55. The summed E-state index contributed by atoms with van der Waals surface area (Å²) in [5.74, 6) is 0. The number of aromatic nitrogens is 1. The van der Waals surface area contributed by atoms with Gasteiger partial charge in [-0.05, 0) is 29.8 Å². The zero-order valence-corrected chi connectivity index (χ0v) is 11.4. The van der Waals surface area contributed by atoms with Gasteiger partial charge in [0, 0.05) is 21.8 Å². The molecule has 2 nitrogen and oxygen atoms in total. The van der Waals surface area contributed by atoms with Crippen LogP contribution in [0.4, 0.5) is 0 Å². The third kappa shape index (κ3) is 2.94.